The lowest BCUT2D eigenvalue weighted by Gasteiger charge is -2.35. The summed E-state index contributed by atoms with van der Waals surface area (Å²) >= 11 is 1.30. The fourth-order valence-electron chi connectivity index (χ4n) is 3.59. The Labute approximate surface area is 179 Å². The van der Waals surface area contributed by atoms with Gasteiger partial charge in [0.25, 0.3) is 0 Å². The van der Waals surface area contributed by atoms with Gasteiger partial charge in [-0.15, -0.1) is 10.2 Å². The molecule has 0 spiro atoms. The molecule has 1 amide bonds. The number of halogens is 1. The van der Waals surface area contributed by atoms with Gasteiger partial charge in [0.15, 0.2) is 11.0 Å². The van der Waals surface area contributed by atoms with E-state index in [0.717, 1.165) is 5.69 Å². The van der Waals surface area contributed by atoms with Crippen LogP contribution < -0.4 is 0 Å². The monoisotopic (exact) mass is 426 g/mol. The van der Waals surface area contributed by atoms with E-state index in [4.69, 9.17) is 4.74 Å². The number of carbonyl (C=O) groups is 1. The molecule has 2 heterocycles. The molecule has 0 saturated carbocycles. The molecule has 1 aliphatic rings. The van der Waals surface area contributed by atoms with Gasteiger partial charge in [0, 0.05) is 18.8 Å². The number of amides is 1. The minimum atomic E-state index is -0.369. The number of para-hydroxylation sites is 1. The number of morpholine rings is 1. The summed E-state index contributed by atoms with van der Waals surface area (Å²) in [7, 11) is 0. The zero-order valence-corrected chi connectivity index (χ0v) is 17.7. The maximum absolute atomic E-state index is 14.5. The van der Waals surface area contributed by atoms with Gasteiger partial charge in [0.1, 0.15) is 5.82 Å². The van der Waals surface area contributed by atoms with Gasteiger partial charge >= 0.3 is 0 Å². The van der Waals surface area contributed by atoms with Crippen molar-refractivity contribution in [1.29, 1.82) is 0 Å². The molecule has 0 aliphatic carbocycles. The van der Waals surface area contributed by atoms with Crippen LogP contribution in [0.3, 0.4) is 0 Å². The highest BCUT2D eigenvalue weighted by molar-refractivity contribution is 7.99. The summed E-state index contributed by atoms with van der Waals surface area (Å²) in [6.07, 6.45) is 0.0339. The van der Waals surface area contributed by atoms with Crippen molar-refractivity contribution in [1.82, 2.24) is 19.7 Å². The largest absolute Gasteiger partial charge is 0.372 e. The molecule has 4 rings (SSSR count). The Morgan fingerprint density at radius 1 is 1.07 bits per heavy atom. The van der Waals surface area contributed by atoms with Crippen molar-refractivity contribution in [2.45, 2.75) is 31.2 Å². The number of thioether (sulfide) groups is 1. The molecule has 8 heteroatoms. The number of rotatable bonds is 5. The Morgan fingerprint density at radius 3 is 2.43 bits per heavy atom. The number of hydrogen-bond acceptors (Lipinski definition) is 5. The van der Waals surface area contributed by atoms with Crippen molar-refractivity contribution in [2.24, 2.45) is 0 Å². The maximum Gasteiger partial charge on any atom is 0.233 e. The SMILES string of the molecule is CC1CN(C(=O)CSc2nnc(-c3ccccc3F)n2-c2ccccc2)CC(C)O1. The van der Waals surface area contributed by atoms with E-state index in [1.807, 2.05) is 49.1 Å². The molecular formula is C22H23FN4O2S. The van der Waals surface area contributed by atoms with Crippen LogP contribution in [0.4, 0.5) is 4.39 Å². The van der Waals surface area contributed by atoms with Gasteiger partial charge in [0.2, 0.25) is 5.91 Å². The lowest BCUT2D eigenvalue weighted by molar-refractivity contribution is -0.140. The molecule has 0 radical (unpaired) electrons. The average molecular weight is 427 g/mol. The van der Waals surface area contributed by atoms with E-state index in [9.17, 15) is 9.18 Å². The van der Waals surface area contributed by atoms with Gasteiger partial charge in [-0.1, -0.05) is 42.1 Å². The van der Waals surface area contributed by atoms with Crippen molar-refractivity contribution < 1.29 is 13.9 Å². The lowest BCUT2D eigenvalue weighted by atomic mass is 10.2. The van der Waals surface area contributed by atoms with Crippen molar-refractivity contribution >= 4 is 17.7 Å². The summed E-state index contributed by atoms with van der Waals surface area (Å²) in [6, 6.07) is 16.0. The molecule has 0 bridgehead atoms. The summed E-state index contributed by atoms with van der Waals surface area (Å²) in [5.74, 6) is 0.285. The smallest absolute Gasteiger partial charge is 0.233 e. The van der Waals surface area contributed by atoms with Crippen LogP contribution in [0.2, 0.25) is 0 Å². The van der Waals surface area contributed by atoms with Crippen LogP contribution >= 0.6 is 11.8 Å². The Hall–Kier alpha value is -2.71. The molecule has 2 unspecified atom stereocenters. The number of aromatic nitrogens is 3. The van der Waals surface area contributed by atoms with Crippen molar-refractivity contribution in [2.75, 3.05) is 18.8 Å². The van der Waals surface area contributed by atoms with Gasteiger partial charge in [-0.05, 0) is 38.1 Å². The molecule has 156 valence electrons. The molecule has 1 aliphatic heterocycles. The second-order valence-electron chi connectivity index (χ2n) is 7.30. The molecule has 0 N–H and O–H groups in total. The van der Waals surface area contributed by atoms with Crippen LogP contribution in [0.1, 0.15) is 13.8 Å². The fourth-order valence-corrected chi connectivity index (χ4v) is 4.44. The van der Waals surface area contributed by atoms with E-state index in [1.165, 1.54) is 17.8 Å². The van der Waals surface area contributed by atoms with Crippen molar-refractivity contribution in [3.63, 3.8) is 0 Å². The van der Waals surface area contributed by atoms with Crippen LogP contribution in [0.25, 0.3) is 17.1 Å². The average Bonchev–Trinajstić information content (AvgIpc) is 3.16. The van der Waals surface area contributed by atoms with Crippen molar-refractivity contribution in [3.05, 3.63) is 60.4 Å². The highest BCUT2D eigenvalue weighted by Gasteiger charge is 2.26. The molecule has 6 nitrogen and oxygen atoms in total. The summed E-state index contributed by atoms with van der Waals surface area (Å²) < 4.78 is 21.9. The predicted molar refractivity (Wildman–Crippen MR) is 114 cm³/mol. The first-order chi connectivity index (χ1) is 14.5. The molecule has 3 aromatic rings. The highest BCUT2D eigenvalue weighted by Crippen LogP contribution is 2.29. The topological polar surface area (TPSA) is 60.2 Å². The maximum atomic E-state index is 14.5. The third kappa shape index (κ3) is 4.39. The quantitative estimate of drug-likeness (QED) is 0.581. The number of ether oxygens (including phenoxy) is 1. The first-order valence-electron chi connectivity index (χ1n) is 9.84. The first kappa shape index (κ1) is 20.6. The third-order valence-corrected chi connectivity index (χ3v) is 5.77. The van der Waals surface area contributed by atoms with Crippen LogP contribution in [-0.2, 0) is 9.53 Å². The Bertz CT molecular complexity index is 1020. The third-order valence-electron chi connectivity index (χ3n) is 4.86. The Kier molecular flexibility index (Phi) is 6.15. The molecule has 2 aromatic carbocycles. The van der Waals surface area contributed by atoms with Crippen LogP contribution in [0.5, 0.6) is 0 Å². The molecule has 1 fully saturated rings. The number of benzene rings is 2. The minimum Gasteiger partial charge on any atom is -0.372 e. The van der Waals surface area contributed by atoms with Gasteiger partial charge in [-0.25, -0.2) is 4.39 Å². The van der Waals surface area contributed by atoms with Gasteiger partial charge in [-0.3, -0.25) is 9.36 Å². The summed E-state index contributed by atoms with van der Waals surface area (Å²) in [5, 5.41) is 9.06. The minimum absolute atomic E-state index is 0.0170. The standard InChI is InChI=1S/C22H23FN4O2S/c1-15-12-26(13-16(2)29-15)20(28)14-30-22-25-24-21(18-10-6-7-11-19(18)23)27(22)17-8-4-3-5-9-17/h3-11,15-16H,12-14H2,1-2H3. The normalized spacial score (nSPS) is 19.1. The van der Waals surface area contributed by atoms with Gasteiger partial charge in [0.05, 0.1) is 23.5 Å². The fraction of sp³-hybridized carbons (Fsp3) is 0.318. The van der Waals surface area contributed by atoms with E-state index < -0.39 is 0 Å². The van der Waals surface area contributed by atoms with E-state index in [1.54, 1.807) is 22.8 Å². The van der Waals surface area contributed by atoms with Crippen LogP contribution in [0.15, 0.2) is 59.8 Å². The van der Waals surface area contributed by atoms with E-state index in [0.29, 0.717) is 29.6 Å². The van der Waals surface area contributed by atoms with Gasteiger partial charge < -0.3 is 9.64 Å². The van der Waals surface area contributed by atoms with Crippen LogP contribution in [-0.4, -0.2) is 56.6 Å². The molecule has 1 saturated heterocycles. The van der Waals surface area contributed by atoms with Crippen LogP contribution in [0, 0.1) is 5.82 Å². The zero-order valence-electron chi connectivity index (χ0n) is 16.9. The zero-order chi connectivity index (χ0) is 21.1. The second-order valence-corrected chi connectivity index (χ2v) is 8.24. The Morgan fingerprint density at radius 2 is 1.73 bits per heavy atom. The summed E-state index contributed by atoms with van der Waals surface area (Å²) in [4.78, 5) is 14.6. The highest BCUT2D eigenvalue weighted by atomic mass is 32.2. The Balaban J connectivity index is 1.61. The second kappa shape index (κ2) is 8.97. The number of carbonyl (C=O) groups excluding carboxylic acids is 1. The van der Waals surface area contributed by atoms with Gasteiger partial charge in [-0.2, -0.15) is 0 Å². The summed E-state index contributed by atoms with van der Waals surface area (Å²) in [5.41, 5.74) is 1.17. The molecule has 1 aromatic heterocycles. The van der Waals surface area contributed by atoms with Crippen molar-refractivity contribution in [3.8, 4) is 17.1 Å². The first-order valence-corrected chi connectivity index (χ1v) is 10.8. The molecule has 30 heavy (non-hydrogen) atoms. The number of nitrogens with zero attached hydrogens (tertiary/aromatic N) is 4. The molecular weight excluding hydrogens is 403 g/mol. The molecule has 2 atom stereocenters. The predicted octanol–water partition coefficient (Wildman–Crippen LogP) is 3.80. The van der Waals surface area contributed by atoms with E-state index >= 15 is 0 Å². The number of hydrogen-bond donors (Lipinski definition) is 0. The van der Waals surface area contributed by atoms with E-state index in [-0.39, 0.29) is 29.7 Å². The lowest BCUT2D eigenvalue weighted by Crippen LogP contribution is -2.48. The summed E-state index contributed by atoms with van der Waals surface area (Å²) in [6.45, 7) is 5.09. The van der Waals surface area contributed by atoms with E-state index in [2.05, 4.69) is 10.2 Å².